The minimum atomic E-state index is -3.01. The zero-order valence-corrected chi connectivity index (χ0v) is 15.8. The van der Waals surface area contributed by atoms with E-state index in [1.54, 1.807) is 6.08 Å². The Labute approximate surface area is 156 Å². The van der Waals surface area contributed by atoms with Gasteiger partial charge in [0.2, 0.25) is 5.91 Å². The van der Waals surface area contributed by atoms with Crippen molar-refractivity contribution in [2.75, 3.05) is 17.3 Å². The summed E-state index contributed by atoms with van der Waals surface area (Å²) in [6, 6.07) is 9.40. The number of aromatic nitrogens is 3. The molecule has 2 aromatic rings. The number of nitrogens with one attached hydrogen (secondary N) is 1. The number of amides is 1. The Morgan fingerprint density at radius 2 is 2.12 bits per heavy atom. The lowest BCUT2D eigenvalue weighted by Crippen LogP contribution is -2.36. The molecule has 9 heteroatoms. The van der Waals surface area contributed by atoms with Gasteiger partial charge in [0.1, 0.15) is 0 Å². The monoisotopic (exact) mass is 392 g/mol. The van der Waals surface area contributed by atoms with Gasteiger partial charge in [0.05, 0.1) is 17.3 Å². The lowest BCUT2D eigenvalue weighted by atomic mass is 10.2. The zero-order chi connectivity index (χ0) is 18.6. The average Bonchev–Trinajstić information content (AvgIpc) is 3.17. The topological polar surface area (TPSA) is 94.0 Å². The number of allylic oxidation sites excluding steroid dienone is 1. The van der Waals surface area contributed by atoms with Crippen LogP contribution >= 0.6 is 11.8 Å². The molecule has 0 radical (unpaired) electrons. The van der Waals surface area contributed by atoms with E-state index in [0.29, 0.717) is 18.1 Å². The van der Waals surface area contributed by atoms with Crippen molar-refractivity contribution in [2.45, 2.75) is 24.2 Å². The van der Waals surface area contributed by atoms with E-state index >= 15 is 0 Å². The van der Waals surface area contributed by atoms with Crippen LogP contribution in [-0.2, 0) is 21.2 Å². The first-order chi connectivity index (χ1) is 12.5. The van der Waals surface area contributed by atoms with Crippen LogP contribution < -0.4 is 5.32 Å². The summed E-state index contributed by atoms with van der Waals surface area (Å²) in [5, 5.41) is 11.8. The van der Waals surface area contributed by atoms with Crippen molar-refractivity contribution in [2.24, 2.45) is 0 Å². The molecule has 1 aromatic carbocycles. The van der Waals surface area contributed by atoms with Gasteiger partial charge in [0.25, 0.3) is 0 Å². The lowest BCUT2D eigenvalue weighted by molar-refractivity contribution is -0.119. The molecule has 1 saturated heterocycles. The molecule has 0 spiro atoms. The lowest BCUT2D eigenvalue weighted by Gasteiger charge is -2.11. The number of nitrogens with zero attached hydrogens (tertiary/aromatic N) is 3. The smallest absolute Gasteiger partial charge is 0.230 e. The van der Waals surface area contributed by atoms with E-state index in [1.165, 1.54) is 11.8 Å². The minimum absolute atomic E-state index is 0.0220. The molecule has 1 unspecified atom stereocenters. The van der Waals surface area contributed by atoms with Gasteiger partial charge >= 0.3 is 0 Å². The molecule has 0 saturated carbocycles. The van der Waals surface area contributed by atoms with E-state index in [9.17, 15) is 13.2 Å². The number of benzene rings is 1. The molecule has 7 nitrogen and oxygen atoms in total. The first-order valence-electron chi connectivity index (χ1n) is 8.20. The van der Waals surface area contributed by atoms with Crippen molar-refractivity contribution < 1.29 is 13.2 Å². The first-order valence-corrected chi connectivity index (χ1v) is 11.0. The zero-order valence-electron chi connectivity index (χ0n) is 14.2. The van der Waals surface area contributed by atoms with Crippen LogP contribution in [0, 0.1) is 0 Å². The molecule has 2 heterocycles. The van der Waals surface area contributed by atoms with Gasteiger partial charge in [0, 0.05) is 18.2 Å². The van der Waals surface area contributed by atoms with Crippen LogP contribution in [0.2, 0.25) is 0 Å². The second kappa shape index (κ2) is 8.05. The normalized spacial score (nSPS) is 18.5. The van der Waals surface area contributed by atoms with Crippen molar-refractivity contribution in [3.05, 3.63) is 43.0 Å². The second-order valence-electron chi connectivity index (χ2n) is 6.03. The highest BCUT2D eigenvalue weighted by atomic mass is 32.2. The summed E-state index contributed by atoms with van der Waals surface area (Å²) >= 11 is 1.27. The largest absolute Gasteiger partial charge is 0.352 e. The van der Waals surface area contributed by atoms with Crippen molar-refractivity contribution in [3.63, 3.8) is 0 Å². The third kappa shape index (κ3) is 4.53. The number of thioether (sulfide) groups is 1. The van der Waals surface area contributed by atoms with Crippen molar-refractivity contribution in [3.8, 4) is 11.4 Å². The van der Waals surface area contributed by atoms with Gasteiger partial charge in [-0.1, -0.05) is 48.2 Å². The van der Waals surface area contributed by atoms with Gasteiger partial charge < -0.3 is 5.32 Å². The summed E-state index contributed by atoms with van der Waals surface area (Å²) in [6.07, 6.45) is 2.23. The predicted octanol–water partition coefficient (Wildman–Crippen LogP) is 1.53. The molecule has 1 fully saturated rings. The molecule has 1 N–H and O–H groups in total. The Morgan fingerprint density at radius 1 is 1.35 bits per heavy atom. The van der Waals surface area contributed by atoms with E-state index < -0.39 is 9.84 Å². The van der Waals surface area contributed by atoms with Crippen LogP contribution in [0.4, 0.5) is 0 Å². The molecule has 1 aliphatic heterocycles. The van der Waals surface area contributed by atoms with Gasteiger partial charge in [-0.2, -0.15) is 0 Å². The number of sulfone groups is 1. The summed E-state index contributed by atoms with van der Waals surface area (Å²) in [6.45, 7) is 4.30. The minimum Gasteiger partial charge on any atom is -0.352 e. The van der Waals surface area contributed by atoms with E-state index in [0.717, 1.165) is 11.4 Å². The fourth-order valence-electron chi connectivity index (χ4n) is 2.80. The first kappa shape index (κ1) is 18.7. The highest BCUT2D eigenvalue weighted by Gasteiger charge is 2.29. The highest BCUT2D eigenvalue weighted by Crippen LogP contribution is 2.24. The molecule has 138 valence electrons. The maximum atomic E-state index is 12.1. The third-order valence-corrected chi connectivity index (χ3v) is 6.73. The standard InChI is InChI=1S/C17H20N4O3S2/c1-2-9-21-16(13-6-4-3-5-7-13)19-20-17(21)25-11-15(22)18-14-8-10-26(23,24)12-14/h2-7,14H,1,8-12H2,(H,18,22). The Balaban J connectivity index is 1.65. The van der Waals surface area contributed by atoms with Gasteiger partial charge in [-0.15, -0.1) is 16.8 Å². The highest BCUT2D eigenvalue weighted by molar-refractivity contribution is 7.99. The summed E-state index contributed by atoms with van der Waals surface area (Å²) in [5.74, 6) is 0.829. The van der Waals surface area contributed by atoms with Crippen LogP contribution in [0.15, 0.2) is 48.1 Å². The molecule has 3 rings (SSSR count). The van der Waals surface area contributed by atoms with E-state index in [-0.39, 0.29) is 29.2 Å². The number of hydrogen-bond donors (Lipinski definition) is 1. The fraction of sp³-hybridized carbons (Fsp3) is 0.353. The maximum absolute atomic E-state index is 12.1. The average molecular weight is 393 g/mol. The Hall–Kier alpha value is -2.13. The Morgan fingerprint density at radius 3 is 2.77 bits per heavy atom. The Kier molecular flexibility index (Phi) is 5.77. The molecular formula is C17H20N4O3S2. The van der Waals surface area contributed by atoms with Crippen LogP contribution in [0.3, 0.4) is 0 Å². The molecule has 1 aliphatic rings. The molecule has 0 aliphatic carbocycles. The summed E-state index contributed by atoms with van der Waals surface area (Å²) in [4.78, 5) is 12.1. The van der Waals surface area contributed by atoms with Gasteiger partial charge in [-0.05, 0) is 6.42 Å². The SMILES string of the molecule is C=CCn1c(SCC(=O)NC2CCS(=O)(=O)C2)nnc1-c1ccccc1. The van der Waals surface area contributed by atoms with Crippen LogP contribution in [0.1, 0.15) is 6.42 Å². The molecule has 0 bridgehead atoms. The Bertz CT molecular complexity index is 894. The predicted molar refractivity (Wildman–Crippen MR) is 102 cm³/mol. The quantitative estimate of drug-likeness (QED) is 0.567. The summed E-state index contributed by atoms with van der Waals surface area (Å²) in [5.41, 5.74) is 0.939. The van der Waals surface area contributed by atoms with Crippen LogP contribution in [0.5, 0.6) is 0 Å². The van der Waals surface area contributed by atoms with Crippen LogP contribution in [-0.4, -0.2) is 52.4 Å². The van der Waals surface area contributed by atoms with Crippen LogP contribution in [0.25, 0.3) is 11.4 Å². The number of hydrogen-bond acceptors (Lipinski definition) is 6. The molecule has 1 amide bonds. The fourth-order valence-corrected chi connectivity index (χ4v) is 5.23. The van der Waals surface area contributed by atoms with E-state index in [2.05, 4.69) is 22.1 Å². The van der Waals surface area contributed by atoms with Crippen molar-refractivity contribution in [1.29, 1.82) is 0 Å². The second-order valence-corrected chi connectivity index (χ2v) is 9.20. The van der Waals surface area contributed by atoms with Gasteiger partial charge in [-0.3, -0.25) is 9.36 Å². The maximum Gasteiger partial charge on any atom is 0.230 e. The van der Waals surface area contributed by atoms with E-state index in [4.69, 9.17) is 0 Å². The summed E-state index contributed by atoms with van der Waals surface area (Å²) < 4.78 is 24.8. The third-order valence-electron chi connectivity index (χ3n) is 3.99. The number of rotatable bonds is 7. The molecule has 1 atom stereocenters. The summed E-state index contributed by atoms with van der Waals surface area (Å²) in [7, 11) is -3.01. The van der Waals surface area contributed by atoms with Gasteiger partial charge in [-0.25, -0.2) is 8.42 Å². The molecule has 26 heavy (non-hydrogen) atoms. The molecule has 1 aromatic heterocycles. The number of carbonyl (C=O) groups excluding carboxylic acids is 1. The van der Waals surface area contributed by atoms with Crippen molar-refractivity contribution >= 4 is 27.5 Å². The van der Waals surface area contributed by atoms with Crippen molar-refractivity contribution in [1.82, 2.24) is 20.1 Å². The number of carbonyl (C=O) groups is 1. The van der Waals surface area contributed by atoms with Gasteiger partial charge in [0.15, 0.2) is 20.8 Å². The van der Waals surface area contributed by atoms with E-state index in [1.807, 2.05) is 34.9 Å². The molecular weight excluding hydrogens is 372 g/mol.